The molecule has 0 heterocycles. The molecule has 2 N–H and O–H groups in total. The fourth-order valence-electron chi connectivity index (χ4n) is 3.04. The largest absolute Gasteiger partial charge is 0.481 e. The Morgan fingerprint density at radius 1 is 0.943 bits per heavy atom. The van der Waals surface area contributed by atoms with Crippen molar-refractivity contribution in [3.8, 4) is 11.8 Å². The number of rotatable bonds is 7. The number of amides is 2. The zero-order valence-corrected chi connectivity index (χ0v) is 21.1. The molecule has 0 saturated heterocycles. The van der Waals surface area contributed by atoms with Crippen molar-refractivity contribution in [1.29, 1.82) is 5.26 Å². The number of halogens is 3. The maximum Gasteiger partial charge on any atom is 0.266 e. The molecule has 0 saturated carbocycles. The molecule has 178 valence electrons. The van der Waals surface area contributed by atoms with Crippen molar-refractivity contribution >= 4 is 64.1 Å². The van der Waals surface area contributed by atoms with Gasteiger partial charge in [0.15, 0.2) is 12.4 Å². The lowest BCUT2D eigenvalue weighted by Crippen LogP contribution is -2.20. The molecule has 3 aromatic rings. The Morgan fingerprint density at radius 3 is 2.26 bits per heavy atom. The molecule has 9 heteroatoms. The van der Waals surface area contributed by atoms with Crippen molar-refractivity contribution in [3.05, 3.63) is 91.9 Å². The van der Waals surface area contributed by atoms with Gasteiger partial charge in [0, 0.05) is 16.4 Å². The SMILES string of the molecule is Cc1cccc(NC(=O)/C(C#N)=C/c2cc(Cl)c(OCC(=O)Nc3ccc(C)c(Cl)c3)c(Cl)c2)c1. The number of benzene rings is 3. The van der Waals surface area contributed by atoms with Crippen molar-refractivity contribution in [2.24, 2.45) is 0 Å². The first-order chi connectivity index (χ1) is 16.7. The quantitative estimate of drug-likeness (QED) is 0.260. The Balaban J connectivity index is 1.69. The molecule has 0 aliphatic carbocycles. The zero-order valence-electron chi connectivity index (χ0n) is 18.8. The van der Waals surface area contributed by atoms with Crippen LogP contribution in [0.2, 0.25) is 15.1 Å². The highest BCUT2D eigenvalue weighted by molar-refractivity contribution is 6.37. The van der Waals surface area contributed by atoms with Gasteiger partial charge in [0.1, 0.15) is 11.6 Å². The second-order valence-corrected chi connectivity index (χ2v) is 8.83. The van der Waals surface area contributed by atoms with Gasteiger partial charge in [-0.05, 0) is 73.0 Å². The number of nitriles is 1. The standard InChI is InChI=1S/C26H20Cl3N3O3/c1-15-4-3-5-19(8-15)32-26(34)18(13-30)9-17-10-22(28)25(23(29)11-17)35-14-24(33)31-20-7-6-16(2)21(27)12-20/h3-12H,14H2,1-2H3,(H,31,33)(H,32,34)/b18-9+. The maximum absolute atomic E-state index is 12.5. The Morgan fingerprint density at radius 2 is 1.63 bits per heavy atom. The molecule has 0 spiro atoms. The molecule has 2 amide bonds. The summed E-state index contributed by atoms with van der Waals surface area (Å²) in [5, 5.41) is 15.6. The topological polar surface area (TPSA) is 91.2 Å². The summed E-state index contributed by atoms with van der Waals surface area (Å²) in [6, 6.07) is 17.2. The molecule has 0 unspecified atom stereocenters. The van der Waals surface area contributed by atoms with Crippen LogP contribution < -0.4 is 15.4 Å². The fraction of sp³-hybridized carbons (Fsp3) is 0.115. The van der Waals surface area contributed by atoms with Crippen molar-refractivity contribution in [3.63, 3.8) is 0 Å². The second kappa shape index (κ2) is 11.8. The molecule has 0 bridgehead atoms. The van der Waals surface area contributed by atoms with Gasteiger partial charge in [-0.25, -0.2) is 0 Å². The Labute approximate surface area is 218 Å². The lowest BCUT2D eigenvalue weighted by Gasteiger charge is -2.12. The molecule has 35 heavy (non-hydrogen) atoms. The summed E-state index contributed by atoms with van der Waals surface area (Å²) in [5.74, 6) is -0.899. The van der Waals surface area contributed by atoms with Crippen LogP contribution in [0.5, 0.6) is 5.75 Å². The molecule has 0 aliphatic rings. The number of carbonyl (C=O) groups excluding carboxylic acids is 2. The third kappa shape index (κ3) is 7.24. The summed E-state index contributed by atoms with van der Waals surface area (Å²) < 4.78 is 5.51. The highest BCUT2D eigenvalue weighted by Crippen LogP contribution is 2.35. The minimum atomic E-state index is -0.571. The van der Waals surface area contributed by atoms with E-state index in [-0.39, 0.29) is 28.0 Å². The number of hydrogen-bond acceptors (Lipinski definition) is 4. The predicted molar refractivity (Wildman–Crippen MR) is 140 cm³/mol. The van der Waals surface area contributed by atoms with Crippen molar-refractivity contribution in [2.45, 2.75) is 13.8 Å². The van der Waals surface area contributed by atoms with Gasteiger partial charge in [-0.2, -0.15) is 5.26 Å². The third-order valence-electron chi connectivity index (χ3n) is 4.78. The van der Waals surface area contributed by atoms with Gasteiger partial charge in [0.25, 0.3) is 11.8 Å². The van der Waals surface area contributed by atoms with Crippen LogP contribution in [0.15, 0.2) is 60.2 Å². The van der Waals surface area contributed by atoms with Crippen LogP contribution in [0.3, 0.4) is 0 Å². The van der Waals surface area contributed by atoms with Gasteiger partial charge < -0.3 is 15.4 Å². The number of carbonyl (C=O) groups is 2. The highest BCUT2D eigenvalue weighted by atomic mass is 35.5. The van der Waals surface area contributed by atoms with Crippen molar-refractivity contribution < 1.29 is 14.3 Å². The van der Waals surface area contributed by atoms with E-state index in [0.29, 0.717) is 22.0 Å². The molecule has 0 aromatic heterocycles. The van der Waals surface area contributed by atoms with Crippen LogP contribution >= 0.6 is 34.8 Å². The van der Waals surface area contributed by atoms with Gasteiger partial charge in [0.05, 0.1) is 10.0 Å². The molecule has 0 atom stereocenters. The minimum Gasteiger partial charge on any atom is -0.481 e. The third-order valence-corrected chi connectivity index (χ3v) is 5.74. The average molecular weight is 529 g/mol. The van der Waals surface area contributed by atoms with Gasteiger partial charge in [0.2, 0.25) is 0 Å². The number of ether oxygens (including phenoxy) is 1. The van der Waals surface area contributed by atoms with E-state index in [1.165, 1.54) is 18.2 Å². The highest BCUT2D eigenvalue weighted by Gasteiger charge is 2.14. The Kier molecular flexibility index (Phi) is 8.78. The van der Waals surface area contributed by atoms with Gasteiger partial charge in [-0.15, -0.1) is 0 Å². The summed E-state index contributed by atoms with van der Waals surface area (Å²) in [4.78, 5) is 24.8. The molecular weight excluding hydrogens is 509 g/mol. The molecule has 3 aromatic carbocycles. The van der Waals surface area contributed by atoms with E-state index < -0.39 is 11.8 Å². The van der Waals surface area contributed by atoms with E-state index in [0.717, 1.165) is 11.1 Å². The first-order valence-electron chi connectivity index (χ1n) is 10.3. The fourth-order valence-corrected chi connectivity index (χ4v) is 3.84. The summed E-state index contributed by atoms with van der Waals surface area (Å²) in [5.41, 5.74) is 3.24. The summed E-state index contributed by atoms with van der Waals surface area (Å²) >= 11 is 18.7. The number of nitrogens with one attached hydrogen (secondary N) is 2. The molecule has 0 radical (unpaired) electrons. The second-order valence-electron chi connectivity index (χ2n) is 7.61. The normalized spacial score (nSPS) is 10.9. The van der Waals surface area contributed by atoms with E-state index in [1.807, 2.05) is 26.0 Å². The molecule has 0 aliphatic heterocycles. The van der Waals surface area contributed by atoms with Crippen LogP contribution in [0.25, 0.3) is 6.08 Å². The number of nitrogens with zero attached hydrogens (tertiary/aromatic N) is 1. The predicted octanol–water partition coefficient (Wildman–Crippen LogP) is 6.83. The van der Waals surface area contributed by atoms with Gasteiger partial charge in [-0.3, -0.25) is 9.59 Å². The smallest absolute Gasteiger partial charge is 0.266 e. The van der Waals surface area contributed by atoms with E-state index in [9.17, 15) is 14.9 Å². The van der Waals surface area contributed by atoms with E-state index in [1.54, 1.807) is 36.4 Å². The van der Waals surface area contributed by atoms with Crippen LogP contribution in [0.1, 0.15) is 16.7 Å². The van der Waals surface area contributed by atoms with E-state index in [4.69, 9.17) is 39.5 Å². The molecule has 3 rings (SSSR count). The monoisotopic (exact) mass is 527 g/mol. The van der Waals surface area contributed by atoms with E-state index in [2.05, 4.69) is 10.6 Å². The lowest BCUT2D eigenvalue weighted by molar-refractivity contribution is -0.118. The first-order valence-corrected chi connectivity index (χ1v) is 11.5. The minimum absolute atomic E-state index is 0.102. The van der Waals surface area contributed by atoms with Gasteiger partial charge in [-0.1, -0.05) is 53.0 Å². The maximum atomic E-state index is 12.5. The molecule has 0 fully saturated rings. The molecule has 6 nitrogen and oxygen atoms in total. The average Bonchev–Trinajstić information content (AvgIpc) is 2.79. The van der Waals surface area contributed by atoms with Crippen LogP contribution in [0.4, 0.5) is 11.4 Å². The molecular formula is C26H20Cl3N3O3. The zero-order chi connectivity index (χ0) is 25.5. The summed E-state index contributed by atoms with van der Waals surface area (Å²) in [6.45, 7) is 3.41. The number of aryl methyl sites for hydroxylation is 2. The Bertz CT molecular complexity index is 1340. The van der Waals surface area contributed by atoms with Crippen molar-refractivity contribution in [2.75, 3.05) is 17.2 Å². The van der Waals surface area contributed by atoms with E-state index >= 15 is 0 Å². The number of hydrogen-bond donors (Lipinski definition) is 2. The lowest BCUT2D eigenvalue weighted by atomic mass is 10.1. The van der Waals surface area contributed by atoms with Crippen LogP contribution in [0, 0.1) is 25.2 Å². The van der Waals surface area contributed by atoms with Crippen LogP contribution in [-0.2, 0) is 9.59 Å². The Hall–Kier alpha value is -3.50. The summed E-state index contributed by atoms with van der Waals surface area (Å²) in [7, 11) is 0. The van der Waals surface area contributed by atoms with Crippen molar-refractivity contribution in [1.82, 2.24) is 0 Å². The van der Waals surface area contributed by atoms with Gasteiger partial charge >= 0.3 is 0 Å². The summed E-state index contributed by atoms with van der Waals surface area (Å²) in [6.07, 6.45) is 1.36. The number of anilines is 2. The van der Waals surface area contributed by atoms with Crippen LogP contribution in [-0.4, -0.2) is 18.4 Å². The first kappa shape index (κ1) is 26.1.